The van der Waals surface area contributed by atoms with Gasteiger partial charge in [0.15, 0.2) is 0 Å². The lowest BCUT2D eigenvalue weighted by molar-refractivity contribution is -0.146. The number of alkyl carbamates (subject to hydrolysis) is 1. The molecule has 0 heterocycles. The molecule has 7 heteroatoms. The largest absolute Gasteiger partial charge is 0.481 e. The van der Waals surface area contributed by atoms with Crippen LogP contribution in [0.15, 0.2) is 48.5 Å². The molecule has 188 valence electrons. The first-order valence-corrected chi connectivity index (χ1v) is 12.4. The fraction of sp³-hybridized carbons (Fsp3) is 0.464. The molecule has 0 radical (unpaired) electrons. The van der Waals surface area contributed by atoms with Gasteiger partial charge in [0.2, 0.25) is 5.91 Å². The van der Waals surface area contributed by atoms with Crippen LogP contribution in [0.4, 0.5) is 4.79 Å². The van der Waals surface area contributed by atoms with Crippen LogP contribution in [0.1, 0.15) is 57.6 Å². The summed E-state index contributed by atoms with van der Waals surface area (Å²) < 4.78 is 5.63. The number of hydrogen-bond donors (Lipinski definition) is 2. The fourth-order valence-corrected chi connectivity index (χ4v) is 4.87. The summed E-state index contributed by atoms with van der Waals surface area (Å²) in [5, 5.41) is 12.1. The van der Waals surface area contributed by atoms with Gasteiger partial charge in [-0.05, 0) is 42.0 Å². The SMILES string of the molecule is CCN(CC(C)C(=O)O)C(=O)C(CC)(CC)CNC(=O)OCC1c2ccccc2-c2ccccc21. The Hall–Kier alpha value is -3.35. The molecule has 0 saturated heterocycles. The van der Waals surface area contributed by atoms with Gasteiger partial charge in [-0.2, -0.15) is 0 Å². The van der Waals surface area contributed by atoms with Gasteiger partial charge in [-0.1, -0.05) is 69.3 Å². The number of amides is 2. The second kappa shape index (κ2) is 11.4. The Morgan fingerprint density at radius 2 is 1.54 bits per heavy atom. The molecule has 1 atom stereocenters. The van der Waals surface area contributed by atoms with Crippen molar-refractivity contribution in [1.82, 2.24) is 10.2 Å². The number of ether oxygens (including phenoxy) is 1. The Morgan fingerprint density at radius 3 is 2.03 bits per heavy atom. The van der Waals surface area contributed by atoms with E-state index in [-0.39, 0.29) is 31.5 Å². The summed E-state index contributed by atoms with van der Waals surface area (Å²) in [5.74, 6) is -1.78. The Morgan fingerprint density at radius 1 is 1.00 bits per heavy atom. The van der Waals surface area contributed by atoms with E-state index in [2.05, 4.69) is 29.6 Å². The normalized spacial score (nSPS) is 13.5. The second-order valence-corrected chi connectivity index (χ2v) is 9.25. The molecule has 3 rings (SSSR count). The summed E-state index contributed by atoms with van der Waals surface area (Å²) in [6.07, 6.45) is 0.473. The molecule has 0 saturated carbocycles. The number of fused-ring (bicyclic) bond motifs is 3. The highest BCUT2D eigenvalue weighted by Gasteiger charge is 2.39. The number of carboxylic acid groups (broad SMARTS) is 1. The number of hydrogen-bond acceptors (Lipinski definition) is 4. The van der Waals surface area contributed by atoms with Crippen LogP contribution >= 0.6 is 0 Å². The van der Waals surface area contributed by atoms with Gasteiger partial charge >= 0.3 is 12.1 Å². The molecule has 35 heavy (non-hydrogen) atoms. The highest BCUT2D eigenvalue weighted by Crippen LogP contribution is 2.44. The van der Waals surface area contributed by atoms with Crippen LogP contribution < -0.4 is 5.32 Å². The Bertz CT molecular complexity index is 1020. The van der Waals surface area contributed by atoms with E-state index in [0.29, 0.717) is 19.4 Å². The van der Waals surface area contributed by atoms with E-state index >= 15 is 0 Å². The number of aliphatic carboxylic acids is 1. The number of nitrogens with one attached hydrogen (secondary N) is 1. The van der Waals surface area contributed by atoms with Crippen molar-refractivity contribution in [3.8, 4) is 11.1 Å². The van der Waals surface area contributed by atoms with Crippen molar-refractivity contribution in [2.45, 2.75) is 46.5 Å². The van der Waals surface area contributed by atoms with E-state index in [1.54, 1.807) is 11.8 Å². The minimum absolute atomic E-state index is 0.0371. The monoisotopic (exact) mass is 480 g/mol. The molecule has 2 aromatic rings. The van der Waals surface area contributed by atoms with E-state index in [0.717, 1.165) is 22.3 Å². The maximum absolute atomic E-state index is 13.4. The highest BCUT2D eigenvalue weighted by atomic mass is 16.5. The van der Waals surface area contributed by atoms with Crippen molar-refractivity contribution in [3.63, 3.8) is 0 Å². The number of carbonyl (C=O) groups excluding carboxylic acids is 2. The summed E-state index contributed by atoms with van der Waals surface area (Å²) in [6, 6.07) is 16.3. The molecule has 2 amide bonds. The van der Waals surface area contributed by atoms with Gasteiger partial charge in [-0.3, -0.25) is 9.59 Å². The van der Waals surface area contributed by atoms with Gasteiger partial charge in [-0.15, -0.1) is 0 Å². The number of carboxylic acids is 1. The predicted molar refractivity (Wildman–Crippen MR) is 135 cm³/mol. The lowest BCUT2D eigenvalue weighted by Gasteiger charge is -2.36. The zero-order chi connectivity index (χ0) is 25.6. The molecule has 1 aliphatic rings. The topological polar surface area (TPSA) is 95.9 Å². The van der Waals surface area contributed by atoms with Crippen molar-refractivity contribution in [1.29, 1.82) is 0 Å². The van der Waals surface area contributed by atoms with Crippen LogP contribution in [0.5, 0.6) is 0 Å². The molecule has 1 aliphatic carbocycles. The van der Waals surface area contributed by atoms with Crippen molar-refractivity contribution in [3.05, 3.63) is 59.7 Å². The number of rotatable bonds is 11. The lowest BCUT2D eigenvalue weighted by atomic mass is 9.80. The van der Waals surface area contributed by atoms with Crippen molar-refractivity contribution < 1.29 is 24.2 Å². The van der Waals surface area contributed by atoms with Gasteiger partial charge < -0.3 is 20.1 Å². The molecule has 0 spiro atoms. The summed E-state index contributed by atoms with van der Waals surface area (Å²) >= 11 is 0. The van der Waals surface area contributed by atoms with E-state index in [1.165, 1.54) is 0 Å². The second-order valence-electron chi connectivity index (χ2n) is 9.25. The molecule has 0 bridgehead atoms. The third kappa shape index (κ3) is 5.50. The average molecular weight is 481 g/mol. The van der Waals surface area contributed by atoms with Crippen LogP contribution in [0.25, 0.3) is 11.1 Å². The van der Waals surface area contributed by atoms with Gasteiger partial charge in [-0.25, -0.2) is 4.79 Å². The third-order valence-corrected chi connectivity index (χ3v) is 7.31. The number of nitrogens with zero attached hydrogens (tertiary/aromatic N) is 1. The molecule has 0 fully saturated rings. The van der Waals surface area contributed by atoms with Crippen LogP contribution in [0.2, 0.25) is 0 Å². The summed E-state index contributed by atoms with van der Waals surface area (Å²) in [7, 11) is 0. The average Bonchev–Trinajstić information content (AvgIpc) is 3.20. The molecule has 0 aliphatic heterocycles. The summed E-state index contributed by atoms with van der Waals surface area (Å²) in [5.41, 5.74) is 3.78. The van der Waals surface area contributed by atoms with E-state index in [1.807, 2.05) is 45.0 Å². The van der Waals surface area contributed by atoms with Crippen LogP contribution in [0.3, 0.4) is 0 Å². The zero-order valence-corrected chi connectivity index (χ0v) is 21.0. The maximum Gasteiger partial charge on any atom is 0.407 e. The summed E-state index contributed by atoms with van der Waals surface area (Å²) in [4.78, 5) is 39.0. The van der Waals surface area contributed by atoms with Crippen LogP contribution in [0, 0.1) is 11.3 Å². The van der Waals surface area contributed by atoms with Gasteiger partial charge in [0.1, 0.15) is 6.61 Å². The standard InChI is InChI=1S/C28H36N2O5/c1-5-28(6-2,26(33)30(7-3)16-19(4)25(31)32)18-29-27(34)35-17-24-22-14-10-8-12-20(22)21-13-9-11-15-23(21)24/h8-15,19,24H,5-7,16-18H2,1-4H3,(H,29,34)(H,31,32). The van der Waals surface area contributed by atoms with Crippen LogP contribution in [-0.2, 0) is 14.3 Å². The number of benzene rings is 2. The smallest absolute Gasteiger partial charge is 0.407 e. The Balaban J connectivity index is 1.65. The number of carbonyl (C=O) groups is 3. The minimum Gasteiger partial charge on any atom is -0.481 e. The first-order valence-electron chi connectivity index (χ1n) is 12.4. The quantitative estimate of drug-likeness (QED) is 0.477. The minimum atomic E-state index is -0.938. The van der Waals surface area contributed by atoms with Crippen molar-refractivity contribution in [2.24, 2.45) is 11.3 Å². The van der Waals surface area contributed by atoms with Crippen molar-refractivity contribution in [2.75, 3.05) is 26.2 Å². The first-order chi connectivity index (χ1) is 16.8. The van der Waals surface area contributed by atoms with E-state index in [4.69, 9.17) is 4.74 Å². The molecule has 0 aromatic heterocycles. The van der Waals surface area contributed by atoms with Crippen LogP contribution in [-0.4, -0.2) is 54.2 Å². The predicted octanol–water partition coefficient (Wildman–Crippen LogP) is 4.90. The van der Waals surface area contributed by atoms with Gasteiger partial charge in [0.05, 0.1) is 11.3 Å². The third-order valence-electron chi connectivity index (χ3n) is 7.31. The van der Waals surface area contributed by atoms with Gasteiger partial charge in [0, 0.05) is 25.6 Å². The molecule has 2 aromatic carbocycles. The highest BCUT2D eigenvalue weighted by molar-refractivity contribution is 5.84. The van der Waals surface area contributed by atoms with Gasteiger partial charge in [0.25, 0.3) is 0 Å². The van der Waals surface area contributed by atoms with E-state index in [9.17, 15) is 19.5 Å². The molecular weight excluding hydrogens is 444 g/mol. The molecule has 2 N–H and O–H groups in total. The van der Waals surface area contributed by atoms with Crippen molar-refractivity contribution >= 4 is 18.0 Å². The Kier molecular flexibility index (Phi) is 8.54. The van der Waals surface area contributed by atoms with E-state index < -0.39 is 23.4 Å². The maximum atomic E-state index is 13.4. The molecular formula is C28H36N2O5. The lowest BCUT2D eigenvalue weighted by Crippen LogP contribution is -2.51. The molecule has 1 unspecified atom stereocenters. The Labute approximate surface area is 207 Å². The fourth-order valence-electron chi connectivity index (χ4n) is 4.87. The first kappa shape index (κ1) is 26.3. The zero-order valence-electron chi connectivity index (χ0n) is 21.0. The summed E-state index contributed by atoms with van der Waals surface area (Å²) in [6.45, 7) is 8.13. The molecule has 7 nitrogen and oxygen atoms in total.